The molecule has 16 heavy (non-hydrogen) atoms. The molecule has 0 bridgehead atoms. The highest BCUT2D eigenvalue weighted by Crippen LogP contribution is 1.86. The lowest BCUT2D eigenvalue weighted by atomic mass is 10.5. The van der Waals surface area contributed by atoms with Crippen molar-refractivity contribution in [2.24, 2.45) is 0 Å². The van der Waals surface area contributed by atoms with Gasteiger partial charge in [-0.3, -0.25) is 0 Å². The Morgan fingerprint density at radius 2 is 2.12 bits per heavy atom. The number of hydrogen-bond acceptors (Lipinski definition) is 6. The molecule has 0 aromatic carbocycles. The van der Waals surface area contributed by atoms with Crippen molar-refractivity contribution in [2.45, 2.75) is 6.54 Å². The summed E-state index contributed by atoms with van der Waals surface area (Å²) in [6, 6.07) is 0. The zero-order chi connectivity index (χ0) is 11.8. The Balaban J connectivity index is 2.20. The van der Waals surface area contributed by atoms with Gasteiger partial charge < -0.3 is 9.47 Å². The van der Waals surface area contributed by atoms with Gasteiger partial charge in [0.25, 0.3) is 0 Å². The molecule has 86 valence electrons. The van der Waals surface area contributed by atoms with Gasteiger partial charge in [0.05, 0.1) is 13.7 Å². The van der Waals surface area contributed by atoms with E-state index in [1.807, 2.05) is 0 Å². The van der Waals surface area contributed by atoms with Crippen LogP contribution in [0.1, 0.15) is 0 Å². The SMILES string of the molecule is COC(=O)/C=C/C(=O)OCCn1cncn1. The number of ether oxygens (including phenoxy) is 2. The number of hydrogen-bond donors (Lipinski definition) is 0. The Bertz CT molecular complexity index is 372. The van der Waals surface area contributed by atoms with Gasteiger partial charge in [-0.15, -0.1) is 0 Å². The van der Waals surface area contributed by atoms with Crippen molar-refractivity contribution in [2.75, 3.05) is 13.7 Å². The summed E-state index contributed by atoms with van der Waals surface area (Å²) < 4.78 is 10.6. The van der Waals surface area contributed by atoms with E-state index in [2.05, 4.69) is 14.8 Å². The fraction of sp³-hybridized carbons (Fsp3) is 0.333. The van der Waals surface area contributed by atoms with Crippen molar-refractivity contribution < 1.29 is 19.1 Å². The number of methoxy groups -OCH3 is 1. The lowest BCUT2D eigenvalue weighted by Crippen LogP contribution is -2.10. The molecular weight excluding hydrogens is 214 g/mol. The summed E-state index contributed by atoms with van der Waals surface area (Å²) in [4.78, 5) is 25.4. The van der Waals surface area contributed by atoms with E-state index in [-0.39, 0.29) is 6.61 Å². The normalized spacial score (nSPS) is 10.3. The van der Waals surface area contributed by atoms with E-state index in [1.165, 1.54) is 24.4 Å². The van der Waals surface area contributed by atoms with Crippen LogP contribution in [-0.4, -0.2) is 40.4 Å². The largest absolute Gasteiger partial charge is 0.466 e. The van der Waals surface area contributed by atoms with Crippen molar-refractivity contribution in [3.8, 4) is 0 Å². The highest BCUT2D eigenvalue weighted by atomic mass is 16.5. The quantitative estimate of drug-likeness (QED) is 0.498. The number of esters is 2. The second-order valence-corrected chi connectivity index (χ2v) is 2.68. The topological polar surface area (TPSA) is 83.3 Å². The first-order valence-electron chi connectivity index (χ1n) is 4.47. The van der Waals surface area contributed by atoms with E-state index in [0.717, 1.165) is 12.2 Å². The molecule has 1 rings (SSSR count). The maximum absolute atomic E-state index is 11.0. The van der Waals surface area contributed by atoms with Gasteiger partial charge in [-0.25, -0.2) is 19.3 Å². The monoisotopic (exact) mass is 225 g/mol. The highest BCUT2D eigenvalue weighted by Gasteiger charge is 1.99. The molecular formula is C9H11N3O4. The van der Waals surface area contributed by atoms with Gasteiger partial charge in [-0.05, 0) is 0 Å². The van der Waals surface area contributed by atoms with Crippen LogP contribution >= 0.6 is 0 Å². The molecule has 0 fully saturated rings. The molecule has 7 heteroatoms. The van der Waals surface area contributed by atoms with Crippen LogP contribution < -0.4 is 0 Å². The van der Waals surface area contributed by atoms with Crippen molar-refractivity contribution in [1.82, 2.24) is 14.8 Å². The van der Waals surface area contributed by atoms with Gasteiger partial charge in [0.1, 0.15) is 19.3 Å². The first-order valence-corrected chi connectivity index (χ1v) is 4.47. The number of rotatable bonds is 5. The number of aromatic nitrogens is 3. The van der Waals surface area contributed by atoms with Crippen molar-refractivity contribution in [3.05, 3.63) is 24.8 Å². The van der Waals surface area contributed by atoms with Gasteiger partial charge >= 0.3 is 11.9 Å². The molecule has 0 N–H and O–H groups in total. The Kier molecular flexibility index (Phi) is 4.71. The molecule has 0 unspecified atom stereocenters. The van der Waals surface area contributed by atoms with Crippen molar-refractivity contribution >= 4 is 11.9 Å². The van der Waals surface area contributed by atoms with Gasteiger partial charge in [0.2, 0.25) is 0 Å². The summed E-state index contributed by atoms with van der Waals surface area (Å²) in [5.41, 5.74) is 0. The van der Waals surface area contributed by atoms with E-state index in [9.17, 15) is 9.59 Å². The first kappa shape index (κ1) is 11.9. The van der Waals surface area contributed by atoms with E-state index in [0.29, 0.717) is 6.54 Å². The number of carbonyl (C=O) groups excluding carboxylic acids is 2. The molecule has 0 aliphatic heterocycles. The number of nitrogens with zero attached hydrogens (tertiary/aromatic N) is 3. The maximum Gasteiger partial charge on any atom is 0.331 e. The summed E-state index contributed by atoms with van der Waals surface area (Å²) in [5.74, 6) is -1.21. The smallest absolute Gasteiger partial charge is 0.331 e. The van der Waals surface area contributed by atoms with Gasteiger partial charge in [0.15, 0.2) is 0 Å². The zero-order valence-corrected chi connectivity index (χ0v) is 8.70. The van der Waals surface area contributed by atoms with E-state index in [4.69, 9.17) is 4.74 Å². The molecule has 0 saturated heterocycles. The summed E-state index contributed by atoms with van der Waals surface area (Å²) in [6.45, 7) is 0.575. The second kappa shape index (κ2) is 6.33. The lowest BCUT2D eigenvalue weighted by molar-refractivity contribution is -0.139. The van der Waals surface area contributed by atoms with Crippen LogP contribution in [0.2, 0.25) is 0 Å². The highest BCUT2D eigenvalue weighted by molar-refractivity contribution is 5.91. The average molecular weight is 225 g/mol. The minimum atomic E-state index is -0.606. The zero-order valence-electron chi connectivity index (χ0n) is 8.70. The summed E-state index contributed by atoms with van der Waals surface area (Å²) in [5, 5.41) is 3.82. The minimum absolute atomic E-state index is 0.160. The van der Waals surface area contributed by atoms with Crippen LogP contribution in [0.5, 0.6) is 0 Å². The summed E-state index contributed by atoms with van der Waals surface area (Å²) in [7, 11) is 1.22. The molecule has 7 nitrogen and oxygen atoms in total. The van der Waals surface area contributed by atoms with Crippen LogP contribution in [0.4, 0.5) is 0 Å². The fourth-order valence-corrected chi connectivity index (χ4v) is 0.840. The maximum atomic E-state index is 11.0. The minimum Gasteiger partial charge on any atom is -0.466 e. The Labute approximate surface area is 91.7 Å². The van der Waals surface area contributed by atoms with E-state index < -0.39 is 11.9 Å². The molecule has 0 atom stereocenters. The second-order valence-electron chi connectivity index (χ2n) is 2.68. The summed E-state index contributed by atoms with van der Waals surface area (Å²) >= 11 is 0. The Morgan fingerprint density at radius 3 is 2.75 bits per heavy atom. The molecule has 0 saturated carbocycles. The van der Waals surface area contributed by atoms with Crippen molar-refractivity contribution in [1.29, 1.82) is 0 Å². The third kappa shape index (κ3) is 4.36. The van der Waals surface area contributed by atoms with Crippen LogP contribution in [0.25, 0.3) is 0 Å². The standard InChI is InChI=1S/C9H11N3O4/c1-15-8(13)2-3-9(14)16-5-4-12-7-10-6-11-12/h2-3,6-7H,4-5H2,1H3/b3-2+. The predicted molar refractivity (Wildman–Crippen MR) is 52.1 cm³/mol. The van der Waals surface area contributed by atoms with Gasteiger partial charge in [-0.2, -0.15) is 5.10 Å². The van der Waals surface area contributed by atoms with Crippen LogP contribution in [-0.2, 0) is 25.6 Å². The fourth-order valence-electron chi connectivity index (χ4n) is 0.840. The third-order valence-electron chi connectivity index (χ3n) is 1.59. The van der Waals surface area contributed by atoms with Crippen molar-refractivity contribution in [3.63, 3.8) is 0 Å². The van der Waals surface area contributed by atoms with E-state index in [1.54, 1.807) is 0 Å². The Hall–Kier alpha value is -2.18. The van der Waals surface area contributed by atoms with Gasteiger partial charge in [-0.1, -0.05) is 0 Å². The molecule has 0 radical (unpaired) electrons. The number of carbonyl (C=O) groups is 2. The predicted octanol–water partition coefficient (Wildman–Crippen LogP) is -0.450. The van der Waals surface area contributed by atoms with Gasteiger partial charge in [0, 0.05) is 12.2 Å². The molecule has 0 spiro atoms. The third-order valence-corrected chi connectivity index (χ3v) is 1.59. The average Bonchev–Trinajstić information content (AvgIpc) is 2.79. The first-order chi connectivity index (χ1) is 7.72. The van der Waals surface area contributed by atoms with Crippen LogP contribution in [0.15, 0.2) is 24.8 Å². The molecule has 1 aromatic rings. The molecule has 1 aromatic heterocycles. The summed E-state index contributed by atoms with van der Waals surface area (Å²) in [6.07, 6.45) is 4.90. The van der Waals surface area contributed by atoms with E-state index >= 15 is 0 Å². The molecule has 0 aliphatic carbocycles. The molecule has 0 aliphatic rings. The lowest BCUT2D eigenvalue weighted by Gasteiger charge is -2.01. The molecule has 1 heterocycles. The molecule has 0 amide bonds. The van der Waals surface area contributed by atoms with Crippen LogP contribution in [0, 0.1) is 0 Å². The van der Waals surface area contributed by atoms with Crippen LogP contribution in [0.3, 0.4) is 0 Å². The Morgan fingerprint density at radius 1 is 1.38 bits per heavy atom.